The standard InChI is InChI=1S/C19H37N5O3/c1-21-12-7-4-2-3-5-8-14-24-15-9-6-10-16-27-17(25)11-13-22-18(20)23-19(24)26/h21H,2-16H2,1H3,(H3,20,22,23,26). The number of unbranched alkanes of at least 4 members (excludes halogenated alkanes) is 5. The van der Waals surface area contributed by atoms with Crippen molar-refractivity contribution in [1.82, 2.24) is 15.5 Å². The molecular weight excluding hydrogens is 346 g/mol. The average Bonchev–Trinajstić information content (AvgIpc) is 2.64. The third-order valence-electron chi connectivity index (χ3n) is 4.56. The highest BCUT2D eigenvalue weighted by molar-refractivity contribution is 5.95. The maximum Gasteiger partial charge on any atom is 0.324 e. The molecule has 0 radical (unpaired) electrons. The Labute approximate surface area is 163 Å². The van der Waals surface area contributed by atoms with Crippen LogP contribution >= 0.6 is 0 Å². The second kappa shape index (κ2) is 15.2. The van der Waals surface area contributed by atoms with Crippen molar-refractivity contribution in [1.29, 1.82) is 0 Å². The molecule has 4 N–H and O–H groups in total. The Bertz CT molecular complexity index is 457. The van der Waals surface area contributed by atoms with Gasteiger partial charge in [-0.1, -0.05) is 25.7 Å². The molecule has 0 aliphatic carbocycles. The van der Waals surface area contributed by atoms with Crippen LogP contribution in [0.1, 0.15) is 64.2 Å². The maximum absolute atomic E-state index is 12.5. The summed E-state index contributed by atoms with van der Waals surface area (Å²) in [6.07, 6.45) is 9.84. The minimum Gasteiger partial charge on any atom is -0.466 e. The van der Waals surface area contributed by atoms with Crippen molar-refractivity contribution >= 4 is 18.0 Å². The molecule has 1 rings (SSSR count). The smallest absolute Gasteiger partial charge is 0.324 e. The van der Waals surface area contributed by atoms with E-state index in [-0.39, 0.29) is 30.9 Å². The summed E-state index contributed by atoms with van der Waals surface area (Å²) in [7, 11) is 1.98. The van der Waals surface area contributed by atoms with Gasteiger partial charge in [-0.3, -0.25) is 15.1 Å². The molecule has 1 heterocycles. The second-order valence-electron chi connectivity index (χ2n) is 6.94. The van der Waals surface area contributed by atoms with Gasteiger partial charge < -0.3 is 20.7 Å². The van der Waals surface area contributed by atoms with Crippen molar-refractivity contribution in [3.63, 3.8) is 0 Å². The van der Waals surface area contributed by atoms with Crippen molar-refractivity contribution < 1.29 is 14.3 Å². The molecule has 0 aromatic heterocycles. The molecule has 1 aliphatic heterocycles. The first-order valence-corrected chi connectivity index (χ1v) is 10.3. The number of nitrogens with zero attached hydrogens (tertiary/aromatic N) is 2. The van der Waals surface area contributed by atoms with E-state index in [1.54, 1.807) is 0 Å². The molecular formula is C19H37N5O3. The van der Waals surface area contributed by atoms with Gasteiger partial charge in [-0.05, 0) is 45.7 Å². The Hall–Kier alpha value is -1.83. The van der Waals surface area contributed by atoms with Crippen LogP contribution in [0, 0.1) is 0 Å². The minimum atomic E-state index is -0.275. The number of urea groups is 1. The number of hydrogen-bond donors (Lipinski definition) is 3. The Morgan fingerprint density at radius 2 is 1.85 bits per heavy atom. The first kappa shape index (κ1) is 23.2. The summed E-state index contributed by atoms with van der Waals surface area (Å²) in [5.41, 5.74) is 5.75. The number of nitrogens with two attached hydrogens (primary N) is 1. The number of ether oxygens (including phenoxy) is 1. The zero-order valence-corrected chi connectivity index (χ0v) is 16.8. The average molecular weight is 384 g/mol. The van der Waals surface area contributed by atoms with Gasteiger partial charge in [-0.25, -0.2) is 4.79 Å². The molecule has 0 unspecified atom stereocenters. The van der Waals surface area contributed by atoms with E-state index < -0.39 is 0 Å². The van der Waals surface area contributed by atoms with E-state index in [1.165, 1.54) is 25.7 Å². The van der Waals surface area contributed by atoms with Crippen LogP contribution in [0.5, 0.6) is 0 Å². The Balaban J connectivity index is 2.39. The van der Waals surface area contributed by atoms with Crippen LogP contribution in [0.25, 0.3) is 0 Å². The number of hydrogen-bond acceptors (Lipinski definition) is 6. The van der Waals surface area contributed by atoms with Crippen molar-refractivity contribution in [2.24, 2.45) is 10.7 Å². The number of esters is 1. The van der Waals surface area contributed by atoms with Crippen molar-refractivity contribution in [2.75, 3.05) is 39.8 Å². The van der Waals surface area contributed by atoms with Gasteiger partial charge in [0.05, 0.1) is 19.6 Å². The van der Waals surface area contributed by atoms with E-state index >= 15 is 0 Å². The molecule has 0 spiro atoms. The van der Waals surface area contributed by atoms with Gasteiger partial charge in [0.2, 0.25) is 0 Å². The van der Waals surface area contributed by atoms with E-state index in [0.29, 0.717) is 13.2 Å². The van der Waals surface area contributed by atoms with Crippen LogP contribution in [0.2, 0.25) is 0 Å². The molecule has 2 amide bonds. The number of aliphatic imine (C=N–C) groups is 1. The molecule has 0 saturated heterocycles. The fourth-order valence-corrected chi connectivity index (χ4v) is 2.96. The lowest BCUT2D eigenvalue weighted by Crippen LogP contribution is -2.46. The fraction of sp³-hybridized carbons (Fsp3) is 0.842. The summed E-state index contributed by atoms with van der Waals surface area (Å²) < 4.78 is 5.14. The van der Waals surface area contributed by atoms with Gasteiger partial charge in [-0.15, -0.1) is 0 Å². The molecule has 156 valence electrons. The van der Waals surface area contributed by atoms with Gasteiger partial charge in [0, 0.05) is 13.1 Å². The van der Waals surface area contributed by atoms with Crippen molar-refractivity contribution in [3.05, 3.63) is 0 Å². The monoisotopic (exact) mass is 383 g/mol. The van der Waals surface area contributed by atoms with E-state index in [9.17, 15) is 9.59 Å². The number of rotatable bonds is 9. The van der Waals surface area contributed by atoms with Crippen LogP contribution < -0.4 is 16.4 Å². The Morgan fingerprint density at radius 3 is 2.63 bits per heavy atom. The SMILES string of the molecule is CNCCCCCCCCN1CCCCCOC(=O)CCN=C(N)NC1=O. The topological polar surface area (TPSA) is 109 Å². The molecule has 0 aromatic carbocycles. The van der Waals surface area contributed by atoms with Crippen LogP contribution in [0.15, 0.2) is 4.99 Å². The highest BCUT2D eigenvalue weighted by Gasteiger charge is 2.14. The van der Waals surface area contributed by atoms with Crippen LogP contribution in [0.3, 0.4) is 0 Å². The second-order valence-corrected chi connectivity index (χ2v) is 6.94. The highest BCUT2D eigenvalue weighted by Crippen LogP contribution is 2.08. The summed E-state index contributed by atoms with van der Waals surface area (Å²) in [5, 5.41) is 5.79. The highest BCUT2D eigenvalue weighted by atomic mass is 16.5. The Kier molecular flexibility index (Phi) is 13.1. The molecule has 0 atom stereocenters. The van der Waals surface area contributed by atoms with E-state index in [2.05, 4.69) is 15.6 Å². The summed E-state index contributed by atoms with van der Waals surface area (Å²) >= 11 is 0. The maximum atomic E-state index is 12.5. The summed E-state index contributed by atoms with van der Waals surface area (Å²) in [6, 6.07) is -0.204. The minimum absolute atomic E-state index is 0.0550. The molecule has 8 heteroatoms. The Morgan fingerprint density at radius 1 is 1.11 bits per heavy atom. The van der Waals surface area contributed by atoms with Gasteiger partial charge >= 0.3 is 12.0 Å². The first-order valence-electron chi connectivity index (χ1n) is 10.3. The number of amides is 2. The molecule has 8 nitrogen and oxygen atoms in total. The summed E-state index contributed by atoms with van der Waals surface area (Å²) in [5.74, 6) is -0.220. The van der Waals surface area contributed by atoms with E-state index in [4.69, 9.17) is 10.5 Å². The van der Waals surface area contributed by atoms with Gasteiger partial charge in [0.1, 0.15) is 0 Å². The predicted octanol–water partition coefficient (Wildman–Crippen LogP) is 1.99. The quantitative estimate of drug-likeness (QED) is 0.417. The lowest BCUT2D eigenvalue weighted by molar-refractivity contribution is -0.143. The number of cyclic esters (lactones) is 1. The van der Waals surface area contributed by atoms with Crippen LogP contribution in [-0.4, -0.2) is 62.7 Å². The molecule has 0 fully saturated rings. The number of carbonyl (C=O) groups excluding carboxylic acids is 2. The first-order chi connectivity index (χ1) is 13.1. The van der Waals surface area contributed by atoms with Crippen molar-refractivity contribution in [2.45, 2.75) is 64.2 Å². The molecule has 27 heavy (non-hydrogen) atoms. The van der Waals surface area contributed by atoms with Gasteiger partial charge in [0.15, 0.2) is 5.96 Å². The number of nitrogens with one attached hydrogen (secondary N) is 2. The molecule has 0 bridgehead atoms. The lowest BCUT2D eigenvalue weighted by atomic mass is 10.1. The zero-order valence-electron chi connectivity index (χ0n) is 16.8. The third-order valence-corrected chi connectivity index (χ3v) is 4.56. The lowest BCUT2D eigenvalue weighted by Gasteiger charge is -2.23. The van der Waals surface area contributed by atoms with Crippen molar-refractivity contribution in [3.8, 4) is 0 Å². The predicted molar refractivity (Wildman–Crippen MR) is 108 cm³/mol. The number of carbonyl (C=O) groups is 2. The van der Waals surface area contributed by atoms with Gasteiger partial charge in [-0.2, -0.15) is 0 Å². The summed E-state index contributed by atoms with van der Waals surface area (Å²) in [4.78, 5) is 29.8. The van der Waals surface area contributed by atoms with Crippen LogP contribution in [-0.2, 0) is 9.53 Å². The van der Waals surface area contributed by atoms with Crippen LogP contribution in [0.4, 0.5) is 4.79 Å². The van der Waals surface area contributed by atoms with Gasteiger partial charge in [0.25, 0.3) is 0 Å². The number of guanidine groups is 1. The summed E-state index contributed by atoms with van der Waals surface area (Å²) in [6.45, 7) is 3.13. The largest absolute Gasteiger partial charge is 0.466 e. The van der Waals surface area contributed by atoms with E-state index in [1.807, 2.05) is 11.9 Å². The molecule has 0 saturated carbocycles. The fourth-order valence-electron chi connectivity index (χ4n) is 2.96. The normalized spacial score (nSPS) is 17.7. The van der Waals surface area contributed by atoms with E-state index in [0.717, 1.165) is 45.2 Å². The third kappa shape index (κ3) is 12.2. The zero-order chi connectivity index (χ0) is 19.7. The molecule has 0 aromatic rings. The molecule has 1 aliphatic rings.